The Morgan fingerprint density at radius 1 is 1.37 bits per heavy atom. The number of hydrogen-bond donors (Lipinski definition) is 2. The third kappa shape index (κ3) is 2.67. The topological polar surface area (TPSA) is 62.2 Å². The zero-order valence-corrected chi connectivity index (χ0v) is 10.5. The molecular formula is C15H16N2O2. The number of nitrogens with one attached hydrogen (secondary N) is 1. The van der Waals surface area contributed by atoms with Crippen molar-refractivity contribution in [3.63, 3.8) is 0 Å². The molecular weight excluding hydrogens is 240 g/mol. The number of nitrogens with zero attached hydrogens (tertiary/aromatic N) is 1. The van der Waals surface area contributed by atoms with Gasteiger partial charge in [0.15, 0.2) is 0 Å². The van der Waals surface area contributed by atoms with Crippen LogP contribution in [0.1, 0.15) is 19.3 Å². The minimum Gasteiger partial charge on any atom is -0.481 e. The van der Waals surface area contributed by atoms with Crippen molar-refractivity contribution in [2.45, 2.75) is 25.3 Å². The van der Waals surface area contributed by atoms with E-state index in [1.807, 2.05) is 30.3 Å². The standard InChI is InChI=1S/C15H16N2O2/c18-15(19)9-14(10-5-6-10)17-13-7-8-16-12-4-2-1-3-11(12)13/h1-4,7-8,10,14H,5-6,9H2,(H,16,17)(H,18,19). The van der Waals surface area contributed by atoms with Gasteiger partial charge in [-0.2, -0.15) is 0 Å². The molecule has 0 bridgehead atoms. The maximum atomic E-state index is 10.9. The fourth-order valence-corrected chi connectivity index (χ4v) is 2.44. The summed E-state index contributed by atoms with van der Waals surface area (Å²) >= 11 is 0. The molecule has 1 aromatic heterocycles. The van der Waals surface area contributed by atoms with Gasteiger partial charge in [-0.15, -0.1) is 0 Å². The van der Waals surface area contributed by atoms with Gasteiger partial charge in [-0.1, -0.05) is 18.2 Å². The first-order valence-electron chi connectivity index (χ1n) is 6.56. The summed E-state index contributed by atoms with van der Waals surface area (Å²) in [5.41, 5.74) is 1.90. The van der Waals surface area contributed by atoms with E-state index in [0.29, 0.717) is 5.92 Å². The molecule has 0 spiro atoms. The van der Waals surface area contributed by atoms with E-state index in [9.17, 15) is 4.79 Å². The Labute approximate surface area is 111 Å². The van der Waals surface area contributed by atoms with Crippen LogP contribution >= 0.6 is 0 Å². The Morgan fingerprint density at radius 3 is 2.89 bits per heavy atom. The van der Waals surface area contributed by atoms with Crippen molar-refractivity contribution in [2.75, 3.05) is 5.32 Å². The van der Waals surface area contributed by atoms with Gasteiger partial charge in [0, 0.05) is 23.3 Å². The summed E-state index contributed by atoms with van der Waals surface area (Å²) in [4.78, 5) is 15.3. The van der Waals surface area contributed by atoms with Gasteiger partial charge in [-0.3, -0.25) is 9.78 Å². The summed E-state index contributed by atoms with van der Waals surface area (Å²) in [6, 6.07) is 9.83. The molecule has 2 aromatic rings. The number of hydrogen-bond acceptors (Lipinski definition) is 3. The predicted octanol–water partition coefficient (Wildman–Crippen LogP) is 2.90. The molecule has 0 saturated heterocycles. The molecule has 1 fully saturated rings. The summed E-state index contributed by atoms with van der Waals surface area (Å²) < 4.78 is 0. The largest absolute Gasteiger partial charge is 0.481 e. The van der Waals surface area contributed by atoms with Crippen LogP contribution in [0.2, 0.25) is 0 Å². The number of rotatable bonds is 5. The third-order valence-electron chi connectivity index (χ3n) is 3.58. The fraction of sp³-hybridized carbons (Fsp3) is 0.333. The van der Waals surface area contributed by atoms with Gasteiger partial charge < -0.3 is 10.4 Å². The highest BCUT2D eigenvalue weighted by molar-refractivity contribution is 5.91. The molecule has 1 atom stereocenters. The van der Waals surface area contributed by atoms with Crippen LogP contribution in [-0.4, -0.2) is 22.1 Å². The zero-order valence-electron chi connectivity index (χ0n) is 10.5. The van der Waals surface area contributed by atoms with Crippen molar-refractivity contribution in [1.82, 2.24) is 4.98 Å². The lowest BCUT2D eigenvalue weighted by molar-refractivity contribution is -0.137. The summed E-state index contributed by atoms with van der Waals surface area (Å²) in [5.74, 6) is -0.259. The molecule has 1 unspecified atom stereocenters. The van der Waals surface area contributed by atoms with Crippen LogP contribution in [0.15, 0.2) is 36.5 Å². The van der Waals surface area contributed by atoms with Gasteiger partial charge in [-0.05, 0) is 30.9 Å². The smallest absolute Gasteiger partial charge is 0.305 e. The first-order valence-corrected chi connectivity index (χ1v) is 6.56. The highest BCUT2D eigenvalue weighted by Gasteiger charge is 2.32. The quantitative estimate of drug-likeness (QED) is 0.863. The van der Waals surface area contributed by atoms with Crippen LogP contribution < -0.4 is 5.32 Å². The number of pyridine rings is 1. The SMILES string of the molecule is O=C(O)CC(Nc1ccnc2ccccc12)C1CC1. The van der Waals surface area contributed by atoms with E-state index in [1.54, 1.807) is 6.20 Å². The summed E-state index contributed by atoms with van der Waals surface area (Å²) in [6.45, 7) is 0. The molecule has 4 heteroatoms. The molecule has 0 amide bonds. The normalized spacial score (nSPS) is 16.2. The van der Waals surface area contributed by atoms with E-state index in [4.69, 9.17) is 5.11 Å². The Kier molecular flexibility index (Phi) is 3.07. The molecule has 19 heavy (non-hydrogen) atoms. The molecule has 1 saturated carbocycles. The van der Waals surface area contributed by atoms with E-state index in [2.05, 4.69) is 10.3 Å². The maximum Gasteiger partial charge on any atom is 0.305 e. The first kappa shape index (κ1) is 12.0. The van der Waals surface area contributed by atoms with E-state index in [-0.39, 0.29) is 12.5 Å². The Bertz CT molecular complexity index is 603. The van der Waals surface area contributed by atoms with E-state index >= 15 is 0 Å². The molecule has 98 valence electrons. The molecule has 1 aliphatic rings. The fourth-order valence-electron chi connectivity index (χ4n) is 2.44. The van der Waals surface area contributed by atoms with Crippen LogP contribution in [0, 0.1) is 5.92 Å². The van der Waals surface area contributed by atoms with Crippen molar-refractivity contribution < 1.29 is 9.90 Å². The Balaban J connectivity index is 1.89. The summed E-state index contributed by atoms with van der Waals surface area (Å²) in [7, 11) is 0. The molecule has 0 radical (unpaired) electrons. The average molecular weight is 256 g/mol. The van der Waals surface area contributed by atoms with Gasteiger partial charge in [0.25, 0.3) is 0 Å². The van der Waals surface area contributed by atoms with E-state index in [1.165, 1.54) is 0 Å². The molecule has 1 aromatic carbocycles. The number of benzene rings is 1. The maximum absolute atomic E-state index is 10.9. The van der Waals surface area contributed by atoms with Crippen LogP contribution in [0.25, 0.3) is 10.9 Å². The van der Waals surface area contributed by atoms with Gasteiger partial charge in [0.2, 0.25) is 0 Å². The number of carboxylic acid groups (broad SMARTS) is 1. The number of para-hydroxylation sites is 1. The molecule has 0 aliphatic heterocycles. The minimum absolute atomic E-state index is 0.0170. The number of carboxylic acids is 1. The average Bonchev–Trinajstić information content (AvgIpc) is 3.22. The highest BCUT2D eigenvalue weighted by Crippen LogP contribution is 2.36. The lowest BCUT2D eigenvalue weighted by Crippen LogP contribution is -2.25. The summed E-state index contributed by atoms with van der Waals surface area (Å²) in [5, 5.41) is 13.4. The Morgan fingerprint density at radius 2 is 2.16 bits per heavy atom. The molecule has 4 nitrogen and oxygen atoms in total. The number of fused-ring (bicyclic) bond motifs is 1. The van der Waals surface area contributed by atoms with Crippen molar-refractivity contribution in [2.24, 2.45) is 5.92 Å². The number of anilines is 1. The van der Waals surface area contributed by atoms with Crippen LogP contribution in [0.4, 0.5) is 5.69 Å². The molecule has 1 heterocycles. The molecule has 1 aliphatic carbocycles. The number of aliphatic carboxylic acids is 1. The van der Waals surface area contributed by atoms with Gasteiger partial charge >= 0.3 is 5.97 Å². The van der Waals surface area contributed by atoms with Gasteiger partial charge in [0.05, 0.1) is 11.9 Å². The second-order valence-electron chi connectivity index (χ2n) is 5.06. The van der Waals surface area contributed by atoms with Crippen molar-refractivity contribution >= 4 is 22.6 Å². The zero-order chi connectivity index (χ0) is 13.2. The van der Waals surface area contributed by atoms with E-state index in [0.717, 1.165) is 29.4 Å². The van der Waals surface area contributed by atoms with Crippen LogP contribution in [0.3, 0.4) is 0 Å². The van der Waals surface area contributed by atoms with E-state index < -0.39 is 5.97 Å². The van der Waals surface area contributed by atoms with Crippen molar-refractivity contribution in [1.29, 1.82) is 0 Å². The first-order chi connectivity index (χ1) is 9.24. The highest BCUT2D eigenvalue weighted by atomic mass is 16.4. The van der Waals surface area contributed by atoms with Gasteiger partial charge in [-0.25, -0.2) is 0 Å². The Hall–Kier alpha value is -2.10. The third-order valence-corrected chi connectivity index (χ3v) is 3.58. The summed E-state index contributed by atoms with van der Waals surface area (Å²) in [6.07, 6.45) is 4.17. The van der Waals surface area contributed by atoms with Gasteiger partial charge in [0.1, 0.15) is 0 Å². The lowest BCUT2D eigenvalue weighted by Gasteiger charge is -2.18. The second-order valence-corrected chi connectivity index (χ2v) is 5.06. The predicted molar refractivity (Wildman–Crippen MR) is 74.1 cm³/mol. The number of carbonyl (C=O) groups is 1. The van der Waals surface area contributed by atoms with Crippen LogP contribution in [-0.2, 0) is 4.79 Å². The monoisotopic (exact) mass is 256 g/mol. The molecule has 3 rings (SSSR count). The molecule has 2 N–H and O–H groups in total. The van der Waals surface area contributed by atoms with Crippen molar-refractivity contribution in [3.8, 4) is 0 Å². The van der Waals surface area contributed by atoms with Crippen LogP contribution in [0.5, 0.6) is 0 Å². The van der Waals surface area contributed by atoms with Crippen molar-refractivity contribution in [3.05, 3.63) is 36.5 Å². The second kappa shape index (κ2) is 4.88. The number of aromatic nitrogens is 1. The minimum atomic E-state index is -0.747. The lowest BCUT2D eigenvalue weighted by atomic mass is 10.1.